The van der Waals surface area contributed by atoms with E-state index in [1.165, 1.54) is 15.5 Å². The van der Waals surface area contributed by atoms with Crippen LogP contribution in [0.1, 0.15) is 16.8 Å². The Morgan fingerprint density at radius 3 is 2.75 bits per heavy atom. The van der Waals surface area contributed by atoms with Crippen molar-refractivity contribution in [3.05, 3.63) is 76.8 Å². The van der Waals surface area contributed by atoms with Gasteiger partial charge in [0.25, 0.3) is 11.5 Å². The summed E-state index contributed by atoms with van der Waals surface area (Å²) in [5, 5.41) is 2.79. The van der Waals surface area contributed by atoms with Gasteiger partial charge in [0, 0.05) is 23.8 Å². The zero-order valence-electron chi connectivity index (χ0n) is 13.0. The molecule has 2 aromatic heterocycles. The molecular formula is C18H17N3O2S. The summed E-state index contributed by atoms with van der Waals surface area (Å²) >= 11 is 1.74. The third-order valence-corrected chi connectivity index (χ3v) is 4.58. The van der Waals surface area contributed by atoms with E-state index in [9.17, 15) is 9.59 Å². The number of pyridine rings is 1. The summed E-state index contributed by atoms with van der Waals surface area (Å²) in [6, 6.07) is 15.4. The van der Waals surface area contributed by atoms with E-state index in [0.29, 0.717) is 12.2 Å². The van der Waals surface area contributed by atoms with E-state index in [2.05, 4.69) is 22.4 Å². The fraction of sp³-hybridized carbons (Fsp3) is 0.167. The standard InChI is InChI=1S/C18H17N3O2S/c22-17(19-10-6-12-24-14-7-2-1-3-8-14)15-13-20-16-9-4-5-11-21(16)18(15)23/h1-5,7-9,11,13H,6,10,12H2,(H,19,22). The molecule has 5 nitrogen and oxygen atoms in total. The van der Waals surface area contributed by atoms with Crippen LogP contribution < -0.4 is 10.9 Å². The summed E-state index contributed by atoms with van der Waals surface area (Å²) in [4.78, 5) is 29.8. The number of rotatable bonds is 6. The predicted molar refractivity (Wildman–Crippen MR) is 95.6 cm³/mol. The molecule has 0 saturated carbocycles. The number of hydrogen-bond donors (Lipinski definition) is 1. The first-order chi connectivity index (χ1) is 11.8. The number of benzene rings is 1. The third-order valence-electron chi connectivity index (χ3n) is 3.48. The molecule has 0 unspecified atom stereocenters. The molecule has 0 aliphatic heterocycles. The Kier molecular flexibility index (Phi) is 5.28. The van der Waals surface area contributed by atoms with Crippen LogP contribution in [0.4, 0.5) is 0 Å². The molecule has 0 spiro atoms. The van der Waals surface area contributed by atoms with Gasteiger partial charge in [-0.15, -0.1) is 11.8 Å². The molecule has 122 valence electrons. The molecule has 1 amide bonds. The Hall–Kier alpha value is -2.60. The lowest BCUT2D eigenvalue weighted by atomic mass is 10.3. The zero-order chi connectivity index (χ0) is 16.8. The van der Waals surface area contributed by atoms with Crippen molar-refractivity contribution in [3.8, 4) is 0 Å². The van der Waals surface area contributed by atoms with Crippen LogP contribution in [0.15, 0.2) is 70.6 Å². The SMILES string of the molecule is O=C(NCCCSc1ccccc1)c1cnc2ccccn2c1=O. The number of nitrogens with one attached hydrogen (secondary N) is 1. The lowest BCUT2D eigenvalue weighted by Crippen LogP contribution is -2.32. The first kappa shape index (κ1) is 16.3. The maximum Gasteiger partial charge on any atom is 0.270 e. The molecule has 0 aliphatic carbocycles. The quantitative estimate of drug-likeness (QED) is 0.554. The van der Waals surface area contributed by atoms with E-state index in [1.807, 2.05) is 18.2 Å². The van der Waals surface area contributed by atoms with Crippen LogP contribution in [0.3, 0.4) is 0 Å². The Bertz CT molecular complexity index is 893. The minimum atomic E-state index is -0.379. The van der Waals surface area contributed by atoms with Gasteiger partial charge in [0.2, 0.25) is 0 Å². The lowest BCUT2D eigenvalue weighted by Gasteiger charge is -2.06. The van der Waals surface area contributed by atoms with Gasteiger partial charge < -0.3 is 5.32 Å². The first-order valence-electron chi connectivity index (χ1n) is 7.68. The van der Waals surface area contributed by atoms with Gasteiger partial charge >= 0.3 is 0 Å². The monoisotopic (exact) mass is 339 g/mol. The van der Waals surface area contributed by atoms with Gasteiger partial charge in [-0.1, -0.05) is 24.3 Å². The van der Waals surface area contributed by atoms with Crippen molar-refractivity contribution in [3.63, 3.8) is 0 Å². The molecule has 0 aliphatic rings. The summed E-state index contributed by atoms with van der Waals surface area (Å²) in [7, 11) is 0. The van der Waals surface area contributed by atoms with Crippen molar-refractivity contribution in [2.24, 2.45) is 0 Å². The van der Waals surface area contributed by atoms with Crippen LogP contribution in [0.2, 0.25) is 0 Å². The molecule has 2 heterocycles. The Labute approximate surface area is 143 Å². The number of thioether (sulfide) groups is 1. The van der Waals surface area contributed by atoms with Gasteiger partial charge in [-0.3, -0.25) is 14.0 Å². The first-order valence-corrected chi connectivity index (χ1v) is 8.67. The topological polar surface area (TPSA) is 63.5 Å². The lowest BCUT2D eigenvalue weighted by molar-refractivity contribution is 0.0952. The Morgan fingerprint density at radius 1 is 1.12 bits per heavy atom. The van der Waals surface area contributed by atoms with Gasteiger partial charge in [-0.05, 0) is 36.4 Å². The van der Waals surface area contributed by atoms with Crippen molar-refractivity contribution in [1.29, 1.82) is 0 Å². The minimum absolute atomic E-state index is 0.0643. The summed E-state index contributed by atoms with van der Waals surface area (Å²) in [5.41, 5.74) is 0.240. The van der Waals surface area contributed by atoms with Crippen LogP contribution >= 0.6 is 11.8 Å². The second-order valence-electron chi connectivity index (χ2n) is 5.18. The van der Waals surface area contributed by atoms with E-state index < -0.39 is 0 Å². The number of hydrogen-bond acceptors (Lipinski definition) is 4. The fourth-order valence-electron chi connectivity index (χ4n) is 2.26. The molecule has 3 aromatic rings. The molecule has 0 saturated heterocycles. The van der Waals surface area contributed by atoms with Gasteiger partial charge in [0.1, 0.15) is 11.2 Å². The van der Waals surface area contributed by atoms with E-state index >= 15 is 0 Å². The van der Waals surface area contributed by atoms with Crippen molar-refractivity contribution >= 4 is 23.3 Å². The van der Waals surface area contributed by atoms with Crippen LogP contribution in [-0.4, -0.2) is 27.6 Å². The van der Waals surface area contributed by atoms with Gasteiger partial charge in [-0.25, -0.2) is 4.98 Å². The number of carbonyl (C=O) groups excluding carboxylic acids is 1. The summed E-state index contributed by atoms with van der Waals surface area (Å²) < 4.78 is 1.38. The average Bonchev–Trinajstić information content (AvgIpc) is 2.62. The maximum absolute atomic E-state index is 12.3. The zero-order valence-corrected chi connectivity index (χ0v) is 13.8. The number of carbonyl (C=O) groups is 1. The maximum atomic E-state index is 12.3. The highest BCUT2D eigenvalue weighted by Gasteiger charge is 2.12. The van der Waals surface area contributed by atoms with Crippen molar-refractivity contribution < 1.29 is 4.79 Å². The van der Waals surface area contributed by atoms with Crippen molar-refractivity contribution in [1.82, 2.24) is 14.7 Å². The number of aromatic nitrogens is 2. The highest BCUT2D eigenvalue weighted by Crippen LogP contribution is 2.17. The van der Waals surface area contributed by atoms with E-state index in [1.54, 1.807) is 36.2 Å². The van der Waals surface area contributed by atoms with Crippen molar-refractivity contribution in [2.75, 3.05) is 12.3 Å². The molecule has 24 heavy (non-hydrogen) atoms. The average molecular weight is 339 g/mol. The summed E-state index contributed by atoms with van der Waals surface area (Å²) in [5.74, 6) is 0.523. The third kappa shape index (κ3) is 3.83. The van der Waals surface area contributed by atoms with E-state index in [0.717, 1.165) is 12.2 Å². The largest absolute Gasteiger partial charge is 0.352 e. The van der Waals surface area contributed by atoms with Crippen LogP contribution in [0.5, 0.6) is 0 Å². The Morgan fingerprint density at radius 2 is 1.92 bits per heavy atom. The van der Waals surface area contributed by atoms with Crippen LogP contribution in [-0.2, 0) is 0 Å². The summed E-state index contributed by atoms with van der Waals surface area (Å²) in [6.07, 6.45) is 3.78. The van der Waals surface area contributed by atoms with Crippen molar-refractivity contribution in [2.45, 2.75) is 11.3 Å². The fourth-order valence-corrected chi connectivity index (χ4v) is 3.13. The number of fused-ring (bicyclic) bond motifs is 1. The molecule has 1 N–H and O–H groups in total. The van der Waals surface area contributed by atoms with Gasteiger partial charge in [0.15, 0.2) is 0 Å². The molecule has 0 fully saturated rings. The van der Waals surface area contributed by atoms with Crippen LogP contribution in [0.25, 0.3) is 5.65 Å². The van der Waals surface area contributed by atoms with Crippen LogP contribution in [0, 0.1) is 0 Å². The predicted octanol–water partition coefficient (Wildman–Crippen LogP) is 2.61. The molecule has 1 aromatic carbocycles. The molecule has 0 radical (unpaired) electrons. The van der Waals surface area contributed by atoms with E-state index in [4.69, 9.17) is 0 Å². The smallest absolute Gasteiger partial charge is 0.270 e. The molecular weight excluding hydrogens is 322 g/mol. The number of amides is 1. The van der Waals surface area contributed by atoms with Gasteiger partial charge in [0.05, 0.1) is 0 Å². The molecule has 0 atom stereocenters. The normalized spacial score (nSPS) is 10.7. The number of nitrogens with zero attached hydrogens (tertiary/aromatic N) is 2. The molecule has 3 rings (SSSR count). The van der Waals surface area contributed by atoms with E-state index in [-0.39, 0.29) is 17.0 Å². The highest BCUT2D eigenvalue weighted by molar-refractivity contribution is 7.99. The van der Waals surface area contributed by atoms with Gasteiger partial charge in [-0.2, -0.15) is 0 Å². The second kappa shape index (κ2) is 7.79. The molecule has 0 bridgehead atoms. The Balaban J connectivity index is 1.54. The highest BCUT2D eigenvalue weighted by atomic mass is 32.2. The molecule has 6 heteroatoms. The minimum Gasteiger partial charge on any atom is -0.352 e. The second-order valence-corrected chi connectivity index (χ2v) is 6.35. The summed E-state index contributed by atoms with van der Waals surface area (Å²) in [6.45, 7) is 0.523.